The number of aliphatic carboxylic acids is 1. The summed E-state index contributed by atoms with van der Waals surface area (Å²) in [5.41, 5.74) is 7.58. The van der Waals surface area contributed by atoms with E-state index in [1.54, 1.807) is 48.5 Å². The molecule has 2 aromatic carbocycles. The number of hydrogen-bond acceptors (Lipinski definition) is 3. The summed E-state index contributed by atoms with van der Waals surface area (Å²) in [6, 6.07) is 15.7. The van der Waals surface area contributed by atoms with Crippen LogP contribution in [0.5, 0.6) is 0 Å². The first-order valence-corrected chi connectivity index (χ1v) is 6.48. The van der Waals surface area contributed by atoms with Crippen LogP contribution in [0.15, 0.2) is 54.6 Å². The molecule has 3 N–H and O–H groups in total. The summed E-state index contributed by atoms with van der Waals surface area (Å²) in [5, 5.41) is 8.99. The standard InChI is InChI=1S/C16H16N2O3/c17-13-8-6-12(7-9-13)10-15(19)18(11-16(20)21)14-4-2-1-3-5-14/h1-9H,10-11,17H2,(H,20,21). The SMILES string of the molecule is Nc1ccc(CC(=O)N(CC(=O)O)c2ccccc2)cc1. The molecule has 2 aromatic rings. The number of carbonyl (C=O) groups is 2. The highest BCUT2D eigenvalue weighted by Crippen LogP contribution is 2.15. The Kier molecular flexibility index (Phi) is 4.56. The normalized spacial score (nSPS) is 10.1. The molecule has 0 bridgehead atoms. The Morgan fingerprint density at radius 2 is 1.62 bits per heavy atom. The number of amides is 1. The zero-order valence-corrected chi connectivity index (χ0v) is 11.4. The molecule has 108 valence electrons. The number of nitrogens with two attached hydrogens (primary N) is 1. The lowest BCUT2D eigenvalue weighted by Gasteiger charge is -2.21. The molecule has 0 saturated heterocycles. The van der Waals surface area contributed by atoms with E-state index in [2.05, 4.69) is 0 Å². The number of benzene rings is 2. The third-order valence-corrected chi connectivity index (χ3v) is 3.00. The van der Waals surface area contributed by atoms with Gasteiger partial charge in [-0.2, -0.15) is 0 Å². The van der Waals surface area contributed by atoms with Gasteiger partial charge in [-0.05, 0) is 29.8 Å². The second kappa shape index (κ2) is 6.56. The minimum absolute atomic E-state index is 0.127. The Morgan fingerprint density at radius 3 is 2.19 bits per heavy atom. The number of nitrogens with zero attached hydrogens (tertiary/aromatic N) is 1. The van der Waals surface area contributed by atoms with Crippen molar-refractivity contribution in [1.82, 2.24) is 0 Å². The summed E-state index contributed by atoms with van der Waals surface area (Å²) in [5.74, 6) is -1.32. The van der Waals surface area contributed by atoms with Crippen molar-refractivity contribution in [3.05, 3.63) is 60.2 Å². The smallest absolute Gasteiger partial charge is 0.323 e. The minimum Gasteiger partial charge on any atom is -0.480 e. The van der Waals surface area contributed by atoms with Crippen LogP contribution in [0.2, 0.25) is 0 Å². The molecule has 0 spiro atoms. The van der Waals surface area contributed by atoms with Gasteiger partial charge in [0.25, 0.3) is 0 Å². The van der Waals surface area contributed by atoms with E-state index >= 15 is 0 Å². The average molecular weight is 284 g/mol. The van der Waals surface area contributed by atoms with E-state index in [0.717, 1.165) is 5.56 Å². The molecule has 0 atom stereocenters. The van der Waals surface area contributed by atoms with Crippen LogP contribution in [0.1, 0.15) is 5.56 Å². The van der Waals surface area contributed by atoms with Crippen LogP contribution in [0.4, 0.5) is 11.4 Å². The zero-order valence-electron chi connectivity index (χ0n) is 11.4. The molecule has 0 unspecified atom stereocenters. The van der Waals surface area contributed by atoms with Crippen LogP contribution in [0.25, 0.3) is 0 Å². The maximum Gasteiger partial charge on any atom is 0.323 e. The van der Waals surface area contributed by atoms with Crippen molar-refractivity contribution in [3.63, 3.8) is 0 Å². The lowest BCUT2D eigenvalue weighted by Crippen LogP contribution is -2.36. The summed E-state index contributed by atoms with van der Waals surface area (Å²) in [4.78, 5) is 24.6. The fourth-order valence-corrected chi connectivity index (χ4v) is 1.97. The van der Waals surface area contributed by atoms with Crippen LogP contribution >= 0.6 is 0 Å². The van der Waals surface area contributed by atoms with Crippen molar-refractivity contribution < 1.29 is 14.7 Å². The van der Waals surface area contributed by atoms with Crippen molar-refractivity contribution in [2.24, 2.45) is 0 Å². The molecule has 21 heavy (non-hydrogen) atoms. The topological polar surface area (TPSA) is 83.6 Å². The fourth-order valence-electron chi connectivity index (χ4n) is 1.97. The van der Waals surface area contributed by atoms with Gasteiger partial charge in [-0.3, -0.25) is 9.59 Å². The number of carboxylic acid groups (broad SMARTS) is 1. The molecule has 1 amide bonds. The van der Waals surface area contributed by atoms with Gasteiger partial charge in [0.05, 0.1) is 6.42 Å². The minimum atomic E-state index is -1.05. The summed E-state index contributed by atoms with van der Waals surface area (Å²) in [6.45, 7) is -0.363. The van der Waals surface area contributed by atoms with Crippen LogP contribution < -0.4 is 10.6 Å². The van der Waals surface area contributed by atoms with Gasteiger partial charge in [0.2, 0.25) is 5.91 Å². The lowest BCUT2D eigenvalue weighted by atomic mass is 10.1. The Morgan fingerprint density at radius 1 is 1.00 bits per heavy atom. The number of carboxylic acids is 1. The first-order valence-electron chi connectivity index (χ1n) is 6.48. The molecule has 5 nitrogen and oxygen atoms in total. The molecular weight excluding hydrogens is 268 g/mol. The van der Waals surface area contributed by atoms with Gasteiger partial charge in [-0.1, -0.05) is 30.3 Å². The predicted octanol–water partition coefficient (Wildman–Crippen LogP) is 1.93. The molecule has 0 heterocycles. The highest BCUT2D eigenvalue weighted by Gasteiger charge is 2.18. The van der Waals surface area contributed by atoms with Crippen LogP contribution in [-0.4, -0.2) is 23.5 Å². The second-order valence-corrected chi connectivity index (χ2v) is 4.63. The van der Waals surface area contributed by atoms with Gasteiger partial charge >= 0.3 is 5.97 Å². The zero-order chi connectivity index (χ0) is 15.2. The molecule has 0 fully saturated rings. The maximum absolute atomic E-state index is 12.4. The van der Waals surface area contributed by atoms with Gasteiger partial charge in [0, 0.05) is 11.4 Å². The summed E-state index contributed by atoms with van der Waals surface area (Å²) >= 11 is 0. The molecule has 0 radical (unpaired) electrons. The van der Waals surface area contributed by atoms with Gasteiger partial charge in [-0.15, -0.1) is 0 Å². The van der Waals surface area contributed by atoms with E-state index in [9.17, 15) is 9.59 Å². The predicted molar refractivity (Wildman–Crippen MR) is 81.0 cm³/mol. The number of para-hydroxylation sites is 1. The van der Waals surface area contributed by atoms with E-state index in [4.69, 9.17) is 10.8 Å². The van der Waals surface area contributed by atoms with E-state index in [1.807, 2.05) is 6.07 Å². The van der Waals surface area contributed by atoms with Gasteiger partial charge < -0.3 is 15.7 Å². The van der Waals surface area contributed by atoms with E-state index in [-0.39, 0.29) is 18.9 Å². The van der Waals surface area contributed by atoms with Crippen molar-refractivity contribution in [3.8, 4) is 0 Å². The first kappa shape index (κ1) is 14.6. The molecule has 0 aliphatic rings. The molecule has 5 heteroatoms. The average Bonchev–Trinajstić information content (AvgIpc) is 2.48. The van der Waals surface area contributed by atoms with Crippen LogP contribution in [0, 0.1) is 0 Å². The largest absolute Gasteiger partial charge is 0.480 e. The molecule has 0 saturated carbocycles. The monoisotopic (exact) mass is 284 g/mol. The van der Waals surface area contributed by atoms with Crippen LogP contribution in [0.3, 0.4) is 0 Å². The van der Waals surface area contributed by atoms with Crippen LogP contribution in [-0.2, 0) is 16.0 Å². The summed E-state index contributed by atoms with van der Waals surface area (Å²) < 4.78 is 0. The highest BCUT2D eigenvalue weighted by atomic mass is 16.4. The number of nitrogen functional groups attached to an aromatic ring is 1. The van der Waals surface area contributed by atoms with Crippen molar-refractivity contribution in [2.45, 2.75) is 6.42 Å². The maximum atomic E-state index is 12.4. The third-order valence-electron chi connectivity index (χ3n) is 3.00. The number of rotatable bonds is 5. The van der Waals surface area contributed by atoms with E-state index in [0.29, 0.717) is 11.4 Å². The second-order valence-electron chi connectivity index (χ2n) is 4.63. The number of carbonyl (C=O) groups excluding carboxylic acids is 1. The van der Waals surface area contributed by atoms with Crippen molar-refractivity contribution >= 4 is 23.3 Å². The Labute approximate surface area is 122 Å². The highest BCUT2D eigenvalue weighted by molar-refractivity contribution is 5.98. The first-order chi connectivity index (χ1) is 10.1. The number of anilines is 2. The van der Waals surface area contributed by atoms with Crippen molar-refractivity contribution in [1.29, 1.82) is 0 Å². The molecule has 2 rings (SSSR count). The lowest BCUT2D eigenvalue weighted by molar-refractivity contribution is -0.136. The molecule has 0 aromatic heterocycles. The van der Waals surface area contributed by atoms with E-state index in [1.165, 1.54) is 4.90 Å². The third kappa shape index (κ3) is 4.07. The quantitative estimate of drug-likeness (QED) is 0.822. The Hall–Kier alpha value is -2.82. The fraction of sp³-hybridized carbons (Fsp3) is 0.125. The summed E-state index contributed by atoms with van der Waals surface area (Å²) in [6.07, 6.45) is 0.127. The van der Waals surface area contributed by atoms with E-state index < -0.39 is 5.97 Å². The molecule has 0 aliphatic heterocycles. The van der Waals surface area contributed by atoms with Gasteiger partial charge in [-0.25, -0.2) is 0 Å². The van der Waals surface area contributed by atoms with Gasteiger partial charge in [0.1, 0.15) is 6.54 Å². The Balaban J connectivity index is 2.18. The summed E-state index contributed by atoms with van der Waals surface area (Å²) in [7, 11) is 0. The molecular formula is C16H16N2O3. The Bertz CT molecular complexity index is 624. The number of hydrogen-bond donors (Lipinski definition) is 2. The van der Waals surface area contributed by atoms with Crippen molar-refractivity contribution in [2.75, 3.05) is 17.2 Å². The van der Waals surface area contributed by atoms with Gasteiger partial charge in [0.15, 0.2) is 0 Å². The molecule has 0 aliphatic carbocycles.